The van der Waals surface area contributed by atoms with E-state index in [0.29, 0.717) is 12.8 Å². The number of nitrogens with two attached hydrogens (primary N) is 2. The first kappa shape index (κ1) is 17.1. The molecule has 3 rings (SSSR count). The topological polar surface area (TPSA) is 149 Å². The Morgan fingerprint density at radius 3 is 2.88 bits per heavy atom. The Balaban J connectivity index is 2.13. The van der Waals surface area contributed by atoms with Gasteiger partial charge in [-0.15, -0.1) is 0 Å². The summed E-state index contributed by atoms with van der Waals surface area (Å²) in [5.74, 6) is -0.256. The Kier molecular flexibility index (Phi) is 4.47. The van der Waals surface area contributed by atoms with Gasteiger partial charge in [0.25, 0.3) is 5.56 Å². The summed E-state index contributed by atoms with van der Waals surface area (Å²) >= 11 is 0.792. The van der Waals surface area contributed by atoms with Crippen LogP contribution in [0, 0.1) is 5.92 Å². The molecule has 0 amide bonds. The van der Waals surface area contributed by atoms with Gasteiger partial charge in [0.2, 0.25) is 5.95 Å². The van der Waals surface area contributed by atoms with Crippen LogP contribution in [0.5, 0.6) is 0 Å². The van der Waals surface area contributed by atoms with Gasteiger partial charge in [-0.3, -0.25) is 19.1 Å². The fourth-order valence-electron chi connectivity index (χ4n) is 3.13. The van der Waals surface area contributed by atoms with E-state index in [0.717, 1.165) is 11.3 Å². The average molecular weight is 355 g/mol. The molecule has 24 heavy (non-hydrogen) atoms. The van der Waals surface area contributed by atoms with E-state index in [9.17, 15) is 14.7 Å². The number of nitrogens with one attached hydrogen (secondary N) is 1. The summed E-state index contributed by atoms with van der Waals surface area (Å²) in [4.78, 5) is 30.6. The van der Waals surface area contributed by atoms with E-state index in [1.54, 1.807) is 0 Å². The fraction of sp³-hybridized carbons (Fsp3) is 0.643. The Bertz CT molecular complexity index is 857. The third kappa shape index (κ3) is 2.75. The second kappa shape index (κ2) is 6.28. The number of rotatable bonds is 4. The van der Waals surface area contributed by atoms with Crippen LogP contribution < -0.4 is 21.9 Å². The molecule has 2 aromatic rings. The highest BCUT2D eigenvalue weighted by Gasteiger charge is 2.42. The van der Waals surface area contributed by atoms with Crippen LogP contribution >= 0.6 is 11.3 Å². The van der Waals surface area contributed by atoms with Crippen molar-refractivity contribution in [2.24, 2.45) is 11.7 Å². The molecule has 0 unspecified atom stereocenters. The predicted octanol–water partition coefficient (Wildman–Crippen LogP) is -0.250. The van der Waals surface area contributed by atoms with Crippen LogP contribution in [-0.4, -0.2) is 37.9 Å². The number of aliphatic hydroxyl groups is 1. The van der Waals surface area contributed by atoms with Crippen LogP contribution in [0.1, 0.15) is 32.9 Å². The van der Waals surface area contributed by atoms with Crippen molar-refractivity contribution in [2.45, 2.75) is 51.2 Å². The van der Waals surface area contributed by atoms with E-state index in [1.165, 1.54) is 4.57 Å². The van der Waals surface area contributed by atoms with Gasteiger partial charge in [0.15, 0.2) is 5.65 Å². The quantitative estimate of drug-likeness (QED) is 0.590. The molecular weight excluding hydrogens is 334 g/mol. The zero-order valence-corrected chi connectivity index (χ0v) is 14.2. The molecule has 3 heterocycles. The number of ether oxygens (including phenoxy) is 1. The van der Waals surface area contributed by atoms with Crippen LogP contribution in [-0.2, 0) is 4.74 Å². The zero-order chi connectivity index (χ0) is 17.6. The summed E-state index contributed by atoms with van der Waals surface area (Å²) in [7, 11) is 0. The largest absolute Gasteiger partial charge is 0.390 e. The molecule has 1 fully saturated rings. The maximum atomic E-state index is 12.5. The average Bonchev–Trinajstić information content (AvgIpc) is 3.07. The number of thiazole rings is 1. The number of aromatic amines is 1. The predicted molar refractivity (Wildman–Crippen MR) is 90.9 cm³/mol. The maximum absolute atomic E-state index is 12.5. The highest BCUT2D eigenvalue weighted by molar-refractivity contribution is 7.16. The lowest BCUT2D eigenvalue weighted by molar-refractivity contribution is -0.0664. The number of aliphatic hydroxyl groups excluding tert-OH is 1. The van der Waals surface area contributed by atoms with Gasteiger partial charge >= 0.3 is 4.87 Å². The number of anilines is 1. The van der Waals surface area contributed by atoms with Gasteiger partial charge in [0.05, 0.1) is 12.2 Å². The molecule has 0 aliphatic carbocycles. The first-order valence-corrected chi connectivity index (χ1v) is 8.65. The second-order valence-corrected chi connectivity index (χ2v) is 7.10. The summed E-state index contributed by atoms with van der Waals surface area (Å²) in [5, 5.41) is 10.1. The van der Waals surface area contributed by atoms with Crippen LogP contribution in [0.2, 0.25) is 0 Å². The van der Waals surface area contributed by atoms with Gasteiger partial charge in [-0.2, -0.15) is 4.98 Å². The lowest BCUT2D eigenvalue weighted by Crippen LogP contribution is -2.34. The first-order chi connectivity index (χ1) is 11.3. The minimum atomic E-state index is -0.689. The molecule has 10 heteroatoms. The molecule has 5 atom stereocenters. The number of fused-ring (bicyclic) bond motifs is 1. The molecule has 1 aliphatic rings. The van der Waals surface area contributed by atoms with Crippen molar-refractivity contribution in [2.75, 3.05) is 5.73 Å². The van der Waals surface area contributed by atoms with Crippen molar-refractivity contribution in [3.05, 3.63) is 20.0 Å². The number of nitrogen functional groups attached to an aromatic ring is 1. The summed E-state index contributed by atoms with van der Waals surface area (Å²) in [6.45, 7) is 3.69. The molecule has 1 saturated heterocycles. The molecular formula is C14H21N5O4S. The van der Waals surface area contributed by atoms with Crippen molar-refractivity contribution in [1.82, 2.24) is 14.5 Å². The van der Waals surface area contributed by atoms with Crippen molar-refractivity contribution in [3.8, 4) is 0 Å². The molecule has 0 radical (unpaired) electrons. The second-order valence-electron chi connectivity index (χ2n) is 6.14. The monoisotopic (exact) mass is 355 g/mol. The van der Waals surface area contributed by atoms with Gasteiger partial charge in [0, 0.05) is 12.0 Å². The lowest BCUT2D eigenvalue weighted by atomic mass is 9.94. The van der Waals surface area contributed by atoms with Crippen molar-refractivity contribution in [3.63, 3.8) is 0 Å². The van der Waals surface area contributed by atoms with Crippen LogP contribution in [0.15, 0.2) is 9.59 Å². The van der Waals surface area contributed by atoms with Gasteiger partial charge in [-0.25, -0.2) is 0 Å². The minimum Gasteiger partial charge on any atom is -0.390 e. The van der Waals surface area contributed by atoms with Crippen molar-refractivity contribution < 1.29 is 9.84 Å². The van der Waals surface area contributed by atoms with Gasteiger partial charge in [0.1, 0.15) is 10.9 Å². The molecule has 0 aromatic carbocycles. The molecule has 6 N–H and O–H groups in total. The van der Waals surface area contributed by atoms with Crippen molar-refractivity contribution in [1.29, 1.82) is 0 Å². The number of hydrogen-bond donors (Lipinski definition) is 4. The van der Waals surface area contributed by atoms with E-state index in [1.807, 2.05) is 13.8 Å². The van der Waals surface area contributed by atoms with E-state index in [2.05, 4.69) is 9.97 Å². The Morgan fingerprint density at radius 1 is 1.54 bits per heavy atom. The molecule has 0 bridgehead atoms. The van der Waals surface area contributed by atoms with E-state index >= 15 is 0 Å². The van der Waals surface area contributed by atoms with Crippen LogP contribution in [0.3, 0.4) is 0 Å². The number of hydrogen-bond acceptors (Lipinski definition) is 8. The summed E-state index contributed by atoms with van der Waals surface area (Å²) in [6, 6.07) is -0.259. The van der Waals surface area contributed by atoms with Gasteiger partial charge in [-0.05, 0) is 19.8 Å². The summed E-state index contributed by atoms with van der Waals surface area (Å²) in [6.07, 6.45) is -0.686. The van der Waals surface area contributed by atoms with Crippen molar-refractivity contribution >= 4 is 27.6 Å². The van der Waals surface area contributed by atoms with Crippen LogP contribution in [0.25, 0.3) is 10.3 Å². The van der Waals surface area contributed by atoms with E-state index in [4.69, 9.17) is 16.2 Å². The number of aromatic nitrogens is 3. The standard InChI is InChI=1S/C14H21N5O4S/c1-3-7(20)8-4-6(5(2)15)12(23-8)19-10-9(24-14(19)22)11(21)18-13(16)17-10/h5-8,12,20H,3-4,15H2,1-2H3,(H3,16,17,18,21)/t5-,6-,7-,8-,12+/m0/s1. The maximum Gasteiger partial charge on any atom is 0.311 e. The van der Waals surface area contributed by atoms with E-state index < -0.39 is 24.0 Å². The zero-order valence-electron chi connectivity index (χ0n) is 13.4. The normalized spacial score (nSPS) is 26.8. The Labute approximate surface area is 141 Å². The highest BCUT2D eigenvalue weighted by atomic mass is 32.1. The number of H-pyrrole nitrogens is 1. The molecule has 0 saturated carbocycles. The first-order valence-electron chi connectivity index (χ1n) is 7.83. The van der Waals surface area contributed by atoms with Crippen LogP contribution in [0.4, 0.5) is 5.95 Å². The lowest BCUT2D eigenvalue weighted by Gasteiger charge is -2.22. The Morgan fingerprint density at radius 2 is 2.25 bits per heavy atom. The van der Waals surface area contributed by atoms with Gasteiger partial charge in [-0.1, -0.05) is 18.3 Å². The van der Waals surface area contributed by atoms with Gasteiger partial charge < -0.3 is 21.3 Å². The fourth-order valence-corrected chi connectivity index (χ4v) is 3.97. The third-order valence-corrected chi connectivity index (χ3v) is 5.40. The molecule has 1 aliphatic heterocycles. The molecule has 132 valence electrons. The molecule has 2 aromatic heterocycles. The van der Waals surface area contributed by atoms with E-state index in [-0.39, 0.29) is 33.1 Å². The SMILES string of the molecule is CC[C@H](O)[C@@H]1C[C@@H]([C@H](C)N)[C@H](n2c(=O)sc3c(=O)[nH]c(N)nc32)O1. The number of nitrogens with zero attached hydrogens (tertiary/aromatic N) is 2. The third-order valence-electron chi connectivity index (χ3n) is 4.45. The molecule has 9 nitrogen and oxygen atoms in total. The smallest absolute Gasteiger partial charge is 0.311 e. The molecule has 0 spiro atoms. The summed E-state index contributed by atoms with van der Waals surface area (Å²) in [5.41, 5.74) is 11.4. The highest BCUT2D eigenvalue weighted by Crippen LogP contribution is 2.38. The summed E-state index contributed by atoms with van der Waals surface area (Å²) < 4.78 is 7.48. The Hall–Kier alpha value is -1.75. The minimum absolute atomic E-state index is 0.0699.